The quantitative estimate of drug-likeness (QED) is 0.358. The Morgan fingerprint density at radius 1 is 1.48 bits per heavy atom. The zero-order valence-electron chi connectivity index (χ0n) is 15.8. The number of carbonyl (C=O) groups is 1. The third kappa shape index (κ3) is 6.76. The van der Waals surface area contributed by atoms with Gasteiger partial charge >= 0.3 is 6.09 Å². The Kier molecular flexibility index (Phi) is 8.33. The van der Waals surface area contributed by atoms with Crippen molar-refractivity contribution in [2.24, 2.45) is 15.9 Å². The highest BCUT2D eigenvalue weighted by atomic mass is 16.5. The van der Waals surface area contributed by atoms with Gasteiger partial charge in [-0.3, -0.25) is 4.99 Å². The van der Waals surface area contributed by atoms with Gasteiger partial charge in [0.1, 0.15) is 5.71 Å². The molecule has 0 saturated carbocycles. The number of carbonyl (C=O) groups excluding carboxylic acids is 1. The van der Waals surface area contributed by atoms with Crippen LogP contribution in [-0.2, 0) is 9.47 Å². The van der Waals surface area contributed by atoms with E-state index in [1.165, 1.54) is 13.5 Å². The molecule has 1 aromatic rings. The van der Waals surface area contributed by atoms with Gasteiger partial charge in [-0.15, -0.1) is 0 Å². The van der Waals surface area contributed by atoms with Crippen LogP contribution in [0.1, 0.15) is 36.0 Å². The SMILES string of the molecule is COC(=O)NCC#Cc1ccc(/C(C=NCC2CCCCO2)=N/N)c(C)c1. The second-order valence-electron chi connectivity index (χ2n) is 6.17. The Morgan fingerprint density at radius 2 is 2.33 bits per heavy atom. The number of aryl methyl sites for hydroxylation is 1. The summed E-state index contributed by atoms with van der Waals surface area (Å²) < 4.78 is 10.2. The molecular weight excluding hydrogens is 344 g/mol. The van der Waals surface area contributed by atoms with Crippen molar-refractivity contribution in [3.8, 4) is 11.8 Å². The Bertz CT molecular complexity index is 756. The number of hydrogen-bond acceptors (Lipinski definition) is 6. The maximum atomic E-state index is 11.0. The first-order valence-electron chi connectivity index (χ1n) is 8.95. The minimum absolute atomic E-state index is 0.186. The number of amides is 1. The van der Waals surface area contributed by atoms with Crippen LogP contribution in [-0.4, -0.2) is 50.9 Å². The molecule has 0 aromatic heterocycles. The second kappa shape index (κ2) is 11.0. The van der Waals surface area contributed by atoms with E-state index in [2.05, 4.69) is 32.0 Å². The largest absolute Gasteiger partial charge is 0.453 e. The summed E-state index contributed by atoms with van der Waals surface area (Å²) in [5.74, 6) is 11.4. The Balaban J connectivity index is 1.97. The number of ether oxygens (including phenoxy) is 2. The van der Waals surface area contributed by atoms with Crippen LogP contribution in [0.15, 0.2) is 28.3 Å². The zero-order chi connectivity index (χ0) is 19.5. The molecule has 7 heteroatoms. The molecular formula is C20H26N4O3. The maximum Gasteiger partial charge on any atom is 0.407 e. The molecule has 1 aromatic carbocycles. The lowest BCUT2D eigenvalue weighted by atomic mass is 10.0. The van der Waals surface area contributed by atoms with Crippen molar-refractivity contribution in [2.45, 2.75) is 32.3 Å². The molecule has 0 spiro atoms. The fraction of sp³-hybridized carbons (Fsp3) is 0.450. The molecule has 1 unspecified atom stereocenters. The van der Waals surface area contributed by atoms with E-state index >= 15 is 0 Å². The number of hydrogen-bond donors (Lipinski definition) is 2. The van der Waals surface area contributed by atoms with Gasteiger partial charge in [0, 0.05) is 23.9 Å². The van der Waals surface area contributed by atoms with Crippen molar-refractivity contribution in [2.75, 3.05) is 26.8 Å². The van der Waals surface area contributed by atoms with Crippen LogP contribution >= 0.6 is 0 Å². The number of nitrogens with one attached hydrogen (secondary N) is 1. The molecule has 1 atom stereocenters. The van der Waals surface area contributed by atoms with Gasteiger partial charge in [-0.1, -0.05) is 17.9 Å². The van der Waals surface area contributed by atoms with Crippen LogP contribution in [0.25, 0.3) is 0 Å². The predicted octanol–water partition coefficient (Wildman–Crippen LogP) is 2.01. The van der Waals surface area contributed by atoms with Crippen molar-refractivity contribution >= 4 is 18.0 Å². The molecule has 0 radical (unpaired) electrons. The highest BCUT2D eigenvalue weighted by Gasteiger charge is 2.12. The summed E-state index contributed by atoms with van der Waals surface area (Å²) in [5.41, 5.74) is 3.36. The van der Waals surface area contributed by atoms with E-state index in [1.54, 1.807) is 6.21 Å². The molecule has 1 fully saturated rings. The lowest BCUT2D eigenvalue weighted by Crippen LogP contribution is -2.22. The van der Waals surface area contributed by atoms with Crippen molar-refractivity contribution in [1.29, 1.82) is 0 Å². The van der Waals surface area contributed by atoms with E-state index in [-0.39, 0.29) is 12.6 Å². The van der Waals surface area contributed by atoms with Crippen molar-refractivity contribution in [1.82, 2.24) is 5.32 Å². The summed E-state index contributed by atoms with van der Waals surface area (Å²) in [7, 11) is 1.31. The second-order valence-corrected chi connectivity index (χ2v) is 6.17. The van der Waals surface area contributed by atoms with Gasteiger partial charge in [-0.05, 0) is 43.9 Å². The van der Waals surface area contributed by atoms with E-state index < -0.39 is 6.09 Å². The summed E-state index contributed by atoms with van der Waals surface area (Å²) in [4.78, 5) is 15.4. The Hall–Kier alpha value is -2.85. The standard InChI is InChI=1S/C20H26N4O3/c1-15-12-16(6-5-10-23-20(25)26-2)8-9-18(15)19(24-21)14-22-13-17-7-3-4-11-27-17/h8-9,12,14,17H,3-4,7,10-11,13,21H2,1-2H3,(H,23,25)/b22-14?,24-19+. The molecule has 3 N–H and O–H groups in total. The number of rotatable bonds is 5. The van der Waals surface area contributed by atoms with E-state index in [0.717, 1.165) is 36.1 Å². The smallest absolute Gasteiger partial charge is 0.407 e. The summed E-state index contributed by atoms with van der Waals surface area (Å²) in [6, 6.07) is 5.75. The molecule has 1 saturated heterocycles. The predicted molar refractivity (Wildman–Crippen MR) is 106 cm³/mol. The first-order chi connectivity index (χ1) is 13.1. The molecule has 0 bridgehead atoms. The van der Waals surface area contributed by atoms with Gasteiger partial charge < -0.3 is 20.6 Å². The van der Waals surface area contributed by atoms with Crippen LogP contribution in [0.2, 0.25) is 0 Å². The number of nitrogens with two attached hydrogens (primary N) is 1. The lowest BCUT2D eigenvalue weighted by Gasteiger charge is -2.20. The maximum absolute atomic E-state index is 11.0. The van der Waals surface area contributed by atoms with Gasteiger partial charge in [0.05, 0.1) is 26.3 Å². The third-order valence-corrected chi connectivity index (χ3v) is 4.18. The molecule has 7 nitrogen and oxygen atoms in total. The van der Waals surface area contributed by atoms with Crippen molar-refractivity contribution in [3.05, 3.63) is 34.9 Å². The molecule has 2 rings (SSSR count). The van der Waals surface area contributed by atoms with Gasteiger partial charge in [0.2, 0.25) is 0 Å². The Labute approximate surface area is 160 Å². The van der Waals surface area contributed by atoms with Crippen LogP contribution in [0.5, 0.6) is 0 Å². The topological polar surface area (TPSA) is 98.3 Å². The number of aliphatic imine (C=N–C) groups is 1. The van der Waals surface area contributed by atoms with Gasteiger partial charge in [0.15, 0.2) is 0 Å². The molecule has 1 amide bonds. The molecule has 1 heterocycles. The summed E-state index contributed by atoms with van der Waals surface area (Å²) >= 11 is 0. The first kappa shape index (κ1) is 20.5. The highest BCUT2D eigenvalue weighted by Crippen LogP contribution is 2.13. The molecule has 0 aliphatic carbocycles. The monoisotopic (exact) mass is 370 g/mol. The van der Waals surface area contributed by atoms with Crippen LogP contribution < -0.4 is 11.2 Å². The normalized spacial score (nSPS) is 17.3. The highest BCUT2D eigenvalue weighted by molar-refractivity contribution is 6.38. The number of benzene rings is 1. The van der Waals surface area contributed by atoms with E-state index in [4.69, 9.17) is 10.6 Å². The minimum Gasteiger partial charge on any atom is -0.453 e. The van der Waals surface area contributed by atoms with Crippen LogP contribution in [0, 0.1) is 18.8 Å². The molecule has 1 aliphatic heterocycles. The van der Waals surface area contributed by atoms with E-state index in [0.29, 0.717) is 12.3 Å². The van der Waals surface area contributed by atoms with E-state index in [1.807, 2.05) is 25.1 Å². The summed E-state index contributed by atoms with van der Waals surface area (Å²) in [6.07, 6.45) is 4.75. The average Bonchev–Trinajstić information content (AvgIpc) is 2.70. The van der Waals surface area contributed by atoms with Gasteiger partial charge in [-0.25, -0.2) is 4.79 Å². The minimum atomic E-state index is -0.502. The fourth-order valence-corrected chi connectivity index (χ4v) is 2.74. The molecule has 1 aliphatic rings. The fourth-order valence-electron chi connectivity index (χ4n) is 2.74. The lowest BCUT2D eigenvalue weighted by molar-refractivity contribution is 0.0226. The molecule has 27 heavy (non-hydrogen) atoms. The molecule has 144 valence electrons. The van der Waals surface area contributed by atoms with Crippen molar-refractivity contribution < 1.29 is 14.3 Å². The Morgan fingerprint density at radius 3 is 3.00 bits per heavy atom. The third-order valence-electron chi connectivity index (χ3n) is 4.18. The number of nitrogens with zero attached hydrogens (tertiary/aromatic N) is 2. The number of hydrazone groups is 1. The average molecular weight is 370 g/mol. The zero-order valence-corrected chi connectivity index (χ0v) is 15.8. The van der Waals surface area contributed by atoms with Gasteiger partial charge in [0.25, 0.3) is 0 Å². The summed E-state index contributed by atoms with van der Waals surface area (Å²) in [6.45, 7) is 3.62. The number of methoxy groups -OCH3 is 1. The van der Waals surface area contributed by atoms with Crippen LogP contribution in [0.4, 0.5) is 4.79 Å². The van der Waals surface area contributed by atoms with Crippen molar-refractivity contribution in [3.63, 3.8) is 0 Å². The summed E-state index contributed by atoms with van der Waals surface area (Å²) in [5, 5.41) is 6.37. The van der Waals surface area contributed by atoms with E-state index in [9.17, 15) is 4.79 Å². The van der Waals surface area contributed by atoms with Gasteiger partial charge in [-0.2, -0.15) is 5.10 Å². The first-order valence-corrected chi connectivity index (χ1v) is 8.95. The number of alkyl carbamates (subject to hydrolysis) is 1. The van der Waals surface area contributed by atoms with Crippen LogP contribution in [0.3, 0.4) is 0 Å².